The highest BCUT2D eigenvalue weighted by Gasteiger charge is 2.37. The number of hydrogen-bond acceptors (Lipinski definition) is 5. The molecule has 2 aliphatic rings. The number of amides is 1. The Labute approximate surface area is 149 Å². The SMILES string of the molecule is CC(C)(C)N(C(=O)O)C1CCN(c2cc(C3CCCC3)nc(N)n2)C1. The molecule has 138 valence electrons. The lowest BCUT2D eigenvalue weighted by Crippen LogP contribution is -2.52. The Morgan fingerprint density at radius 2 is 1.96 bits per heavy atom. The quantitative estimate of drug-likeness (QED) is 0.872. The molecule has 1 unspecified atom stereocenters. The Bertz CT molecular complexity index is 637. The van der Waals surface area contributed by atoms with Gasteiger partial charge in [0.05, 0.1) is 11.7 Å². The van der Waals surface area contributed by atoms with Crippen LogP contribution >= 0.6 is 0 Å². The van der Waals surface area contributed by atoms with Crippen LogP contribution < -0.4 is 10.6 Å². The minimum absolute atomic E-state index is 0.0383. The number of nitrogens with zero attached hydrogens (tertiary/aromatic N) is 4. The summed E-state index contributed by atoms with van der Waals surface area (Å²) in [7, 11) is 0. The van der Waals surface area contributed by atoms with Gasteiger partial charge in [-0.2, -0.15) is 4.98 Å². The molecule has 0 radical (unpaired) electrons. The van der Waals surface area contributed by atoms with Gasteiger partial charge in [-0.3, -0.25) is 4.90 Å². The molecular weight excluding hydrogens is 318 g/mol. The van der Waals surface area contributed by atoms with Crippen molar-refractivity contribution in [2.24, 2.45) is 0 Å². The normalized spacial score (nSPS) is 21.7. The van der Waals surface area contributed by atoms with Crippen molar-refractivity contribution >= 4 is 17.9 Å². The zero-order chi connectivity index (χ0) is 18.2. The van der Waals surface area contributed by atoms with Gasteiger partial charge in [0.2, 0.25) is 5.95 Å². The highest BCUT2D eigenvalue weighted by atomic mass is 16.4. The molecule has 1 saturated carbocycles. The molecule has 25 heavy (non-hydrogen) atoms. The van der Waals surface area contributed by atoms with Gasteiger partial charge in [0, 0.05) is 30.6 Å². The summed E-state index contributed by atoms with van der Waals surface area (Å²) in [5, 5.41) is 9.62. The maximum atomic E-state index is 11.7. The van der Waals surface area contributed by atoms with Crippen LogP contribution in [0.5, 0.6) is 0 Å². The van der Waals surface area contributed by atoms with Crippen molar-refractivity contribution in [2.45, 2.75) is 70.4 Å². The first-order valence-corrected chi connectivity index (χ1v) is 9.17. The fourth-order valence-corrected chi connectivity index (χ4v) is 4.22. The fourth-order valence-electron chi connectivity index (χ4n) is 4.22. The molecule has 1 aromatic rings. The predicted molar refractivity (Wildman–Crippen MR) is 97.9 cm³/mol. The van der Waals surface area contributed by atoms with Crippen LogP contribution in [-0.2, 0) is 0 Å². The second-order valence-electron chi connectivity index (χ2n) is 8.20. The molecule has 1 aliphatic carbocycles. The molecule has 0 spiro atoms. The molecule has 2 heterocycles. The topological polar surface area (TPSA) is 95.6 Å². The first-order chi connectivity index (χ1) is 11.8. The first-order valence-electron chi connectivity index (χ1n) is 9.17. The number of rotatable bonds is 3. The van der Waals surface area contributed by atoms with E-state index >= 15 is 0 Å². The van der Waals surface area contributed by atoms with Gasteiger partial charge in [-0.05, 0) is 40.0 Å². The molecule has 3 rings (SSSR count). The second kappa shape index (κ2) is 6.69. The van der Waals surface area contributed by atoms with Gasteiger partial charge in [0.25, 0.3) is 0 Å². The zero-order valence-corrected chi connectivity index (χ0v) is 15.4. The van der Waals surface area contributed by atoms with Crippen molar-refractivity contribution in [3.63, 3.8) is 0 Å². The highest BCUT2D eigenvalue weighted by Crippen LogP contribution is 2.35. The Morgan fingerprint density at radius 3 is 2.56 bits per heavy atom. The average Bonchev–Trinajstić information content (AvgIpc) is 3.16. The molecule has 2 fully saturated rings. The summed E-state index contributed by atoms with van der Waals surface area (Å²) in [5.74, 6) is 1.62. The number of aromatic nitrogens is 2. The van der Waals surface area contributed by atoms with E-state index in [0.29, 0.717) is 18.4 Å². The fraction of sp³-hybridized carbons (Fsp3) is 0.722. The zero-order valence-electron chi connectivity index (χ0n) is 15.4. The third-order valence-electron chi connectivity index (χ3n) is 5.30. The van der Waals surface area contributed by atoms with Crippen molar-refractivity contribution in [2.75, 3.05) is 23.7 Å². The van der Waals surface area contributed by atoms with Gasteiger partial charge in [-0.1, -0.05) is 12.8 Å². The minimum atomic E-state index is -0.867. The van der Waals surface area contributed by atoms with Gasteiger partial charge in [-0.25, -0.2) is 9.78 Å². The van der Waals surface area contributed by atoms with Crippen LogP contribution in [0.4, 0.5) is 16.6 Å². The monoisotopic (exact) mass is 347 g/mol. The van der Waals surface area contributed by atoms with E-state index in [1.54, 1.807) is 4.90 Å². The van der Waals surface area contributed by atoms with Gasteiger partial charge < -0.3 is 15.7 Å². The van der Waals surface area contributed by atoms with E-state index in [0.717, 1.165) is 37.3 Å². The van der Waals surface area contributed by atoms with Crippen molar-refractivity contribution in [3.8, 4) is 0 Å². The summed E-state index contributed by atoms with van der Waals surface area (Å²) in [6.07, 6.45) is 4.74. The van der Waals surface area contributed by atoms with Gasteiger partial charge >= 0.3 is 6.09 Å². The lowest BCUT2D eigenvalue weighted by molar-refractivity contribution is 0.0763. The summed E-state index contributed by atoms with van der Waals surface area (Å²) < 4.78 is 0. The van der Waals surface area contributed by atoms with E-state index in [-0.39, 0.29) is 6.04 Å². The van der Waals surface area contributed by atoms with E-state index in [2.05, 4.69) is 20.9 Å². The standard InChI is InChI=1S/C18H29N5O2/c1-18(2,3)23(17(24)25)13-8-9-22(11-13)15-10-14(20-16(19)21-15)12-6-4-5-7-12/h10,12-13H,4-9,11H2,1-3H3,(H,24,25)(H2,19,20,21). The third kappa shape index (κ3) is 3.80. The number of anilines is 2. The van der Waals surface area contributed by atoms with Crippen LogP contribution in [0.3, 0.4) is 0 Å². The van der Waals surface area contributed by atoms with Crippen LogP contribution in [0.2, 0.25) is 0 Å². The molecule has 0 bridgehead atoms. The van der Waals surface area contributed by atoms with Gasteiger partial charge in [0.15, 0.2) is 0 Å². The van der Waals surface area contributed by atoms with Crippen LogP contribution in [-0.4, -0.2) is 50.7 Å². The maximum absolute atomic E-state index is 11.7. The van der Waals surface area contributed by atoms with Gasteiger partial charge in [0.1, 0.15) is 5.82 Å². The Balaban J connectivity index is 1.78. The Morgan fingerprint density at radius 1 is 1.28 bits per heavy atom. The van der Waals surface area contributed by atoms with Crippen molar-refractivity contribution < 1.29 is 9.90 Å². The molecule has 3 N–H and O–H groups in total. The molecule has 1 amide bonds. The lowest BCUT2D eigenvalue weighted by Gasteiger charge is -2.38. The number of nitrogens with two attached hydrogens (primary N) is 1. The molecule has 0 aromatic carbocycles. The number of carboxylic acid groups (broad SMARTS) is 1. The number of carbonyl (C=O) groups is 1. The summed E-state index contributed by atoms with van der Waals surface area (Å²) in [6.45, 7) is 7.23. The van der Waals surface area contributed by atoms with Crippen LogP contribution in [0.15, 0.2) is 6.07 Å². The van der Waals surface area contributed by atoms with Crippen LogP contribution in [0.1, 0.15) is 64.5 Å². The largest absolute Gasteiger partial charge is 0.465 e. The number of hydrogen-bond donors (Lipinski definition) is 2. The van der Waals surface area contributed by atoms with E-state index in [4.69, 9.17) is 5.73 Å². The molecule has 1 atom stereocenters. The third-order valence-corrected chi connectivity index (χ3v) is 5.30. The minimum Gasteiger partial charge on any atom is -0.465 e. The Kier molecular flexibility index (Phi) is 4.75. The van der Waals surface area contributed by atoms with E-state index in [9.17, 15) is 9.90 Å². The molecule has 7 nitrogen and oxygen atoms in total. The summed E-state index contributed by atoms with van der Waals surface area (Å²) in [5.41, 5.74) is 6.57. The molecule has 1 saturated heterocycles. The molecule has 1 aromatic heterocycles. The van der Waals surface area contributed by atoms with E-state index in [1.807, 2.05) is 20.8 Å². The first kappa shape index (κ1) is 17.8. The van der Waals surface area contributed by atoms with Crippen molar-refractivity contribution in [1.82, 2.24) is 14.9 Å². The highest BCUT2D eigenvalue weighted by molar-refractivity contribution is 5.67. The summed E-state index contributed by atoms with van der Waals surface area (Å²) >= 11 is 0. The number of nitrogen functional groups attached to an aromatic ring is 1. The maximum Gasteiger partial charge on any atom is 0.408 e. The lowest BCUT2D eigenvalue weighted by atomic mass is 10.0. The smallest absolute Gasteiger partial charge is 0.408 e. The molecule has 7 heteroatoms. The van der Waals surface area contributed by atoms with Crippen LogP contribution in [0, 0.1) is 0 Å². The molecule has 1 aliphatic heterocycles. The van der Waals surface area contributed by atoms with Gasteiger partial charge in [-0.15, -0.1) is 0 Å². The average molecular weight is 347 g/mol. The Hall–Kier alpha value is -2.05. The van der Waals surface area contributed by atoms with Crippen molar-refractivity contribution in [3.05, 3.63) is 11.8 Å². The second-order valence-corrected chi connectivity index (χ2v) is 8.20. The summed E-state index contributed by atoms with van der Waals surface area (Å²) in [4.78, 5) is 24.3. The predicted octanol–water partition coefficient (Wildman–Crippen LogP) is 3.07. The molecular formula is C18H29N5O2. The van der Waals surface area contributed by atoms with E-state index in [1.165, 1.54) is 12.8 Å². The van der Waals surface area contributed by atoms with Crippen LogP contribution in [0.25, 0.3) is 0 Å². The van der Waals surface area contributed by atoms with Crippen molar-refractivity contribution in [1.29, 1.82) is 0 Å². The summed E-state index contributed by atoms with van der Waals surface area (Å²) in [6, 6.07) is 2.01. The van der Waals surface area contributed by atoms with E-state index < -0.39 is 11.6 Å².